The molecule has 1 unspecified atom stereocenters. The molecule has 1 aromatic carbocycles. The third-order valence-electron chi connectivity index (χ3n) is 5.41. The molecule has 0 aromatic heterocycles. The lowest BCUT2D eigenvalue weighted by molar-refractivity contribution is -0.147. The number of sulfonamides is 1. The Morgan fingerprint density at radius 3 is 2.30 bits per heavy atom. The SMILES string of the molecule is COC(=O)C(CNC(=O)c1ccc(OCC2CC2)cc1)N1CCN(S(C)(=O)=O)CC1. The van der Waals surface area contributed by atoms with Crippen molar-refractivity contribution in [3.05, 3.63) is 29.8 Å². The van der Waals surface area contributed by atoms with E-state index in [1.807, 2.05) is 4.90 Å². The Kier molecular flexibility index (Phi) is 7.32. The molecule has 1 heterocycles. The molecule has 9 nitrogen and oxygen atoms in total. The van der Waals surface area contributed by atoms with Crippen molar-refractivity contribution in [2.45, 2.75) is 18.9 Å². The summed E-state index contributed by atoms with van der Waals surface area (Å²) >= 11 is 0. The Bertz CT molecular complexity index is 846. The van der Waals surface area contributed by atoms with Crippen LogP contribution in [0.25, 0.3) is 0 Å². The summed E-state index contributed by atoms with van der Waals surface area (Å²) in [5.41, 5.74) is 0.472. The molecule has 166 valence electrons. The smallest absolute Gasteiger partial charge is 0.324 e. The molecule has 10 heteroatoms. The van der Waals surface area contributed by atoms with E-state index in [1.54, 1.807) is 24.3 Å². The number of hydrogen-bond acceptors (Lipinski definition) is 7. The van der Waals surface area contributed by atoms with Gasteiger partial charge in [0.25, 0.3) is 5.91 Å². The third kappa shape index (κ3) is 6.16. The van der Waals surface area contributed by atoms with Crippen molar-refractivity contribution in [1.82, 2.24) is 14.5 Å². The van der Waals surface area contributed by atoms with Crippen molar-refractivity contribution in [2.75, 3.05) is 52.7 Å². The number of esters is 1. The molecule has 1 saturated carbocycles. The number of methoxy groups -OCH3 is 1. The van der Waals surface area contributed by atoms with Gasteiger partial charge in [0.05, 0.1) is 20.0 Å². The Morgan fingerprint density at radius 2 is 1.77 bits per heavy atom. The van der Waals surface area contributed by atoms with E-state index in [0.717, 1.165) is 5.75 Å². The summed E-state index contributed by atoms with van der Waals surface area (Å²) in [6.45, 7) is 2.14. The van der Waals surface area contributed by atoms with Gasteiger partial charge in [0, 0.05) is 38.3 Å². The predicted octanol–water partition coefficient (Wildman–Crippen LogP) is 0.324. The molecule has 0 bridgehead atoms. The second-order valence-electron chi connectivity index (χ2n) is 7.73. The third-order valence-corrected chi connectivity index (χ3v) is 6.71. The van der Waals surface area contributed by atoms with Gasteiger partial charge in [0.2, 0.25) is 10.0 Å². The van der Waals surface area contributed by atoms with Crippen LogP contribution in [0.1, 0.15) is 23.2 Å². The number of nitrogens with zero attached hydrogens (tertiary/aromatic N) is 2. The van der Waals surface area contributed by atoms with E-state index >= 15 is 0 Å². The lowest BCUT2D eigenvalue weighted by Gasteiger charge is -2.37. The lowest BCUT2D eigenvalue weighted by atomic mass is 10.1. The van der Waals surface area contributed by atoms with Gasteiger partial charge in [-0.2, -0.15) is 4.31 Å². The van der Waals surface area contributed by atoms with Crippen LogP contribution >= 0.6 is 0 Å². The van der Waals surface area contributed by atoms with E-state index in [0.29, 0.717) is 44.3 Å². The van der Waals surface area contributed by atoms with Crippen LogP contribution < -0.4 is 10.1 Å². The van der Waals surface area contributed by atoms with Gasteiger partial charge in [-0.15, -0.1) is 0 Å². The Morgan fingerprint density at radius 1 is 1.13 bits per heavy atom. The fourth-order valence-corrected chi connectivity index (χ4v) is 4.16. The number of amides is 1. The molecule has 1 saturated heterocycles. The number of hydrogen-bond donors (Lipinski definition) is 1. The number of carbonyl (C=O) groups excluding carboxylic acids is 2. The highest BCUT2D eigenvalue weighted by Crippen LogP contribution is 2.29. The monoisotopic (exact) mass is 439 g/mol. The topological polar surface area (TPSA) is 105 Å². The van der Waals surface area contributed by atoms with Gasteiger partial charge < -0.3 is 14.8 Å². The molecule has 0 radical (unpaired) electrons. The number of carbonyl (C=O) groups is 2. The van der Waals surface area contributed by atoms with Crippen LogP contribution in [0.4, 0.5) is 0 Å². The van der Waals surface area contributed by atoms with Gasteiger partial charge in [0.15, 0.2) is 0 Å². The van der Waals surface area contributed by atoms with Gasteiger partial charge in [-0.3, -0.25) is 14.5 Å². The zero-order valence-corrected chi connectivity index (χ0v) is 18.2. The molecule has 1 aliphatic heterocycles. The molecule has 2 aliphatic rings. The quantitative estimate of drug-likeness (QED) is 0.553. The molecule has 2 fully saturated rings. The molecule has 1 aromatic rings. The standard InChI is InChI=1S/C20H29N3O6S/c1-28-20(25)18(22-9-11-23(12-10-22)30(2,26)27)13-21-19(24)16-5-7-17(8-6-16)29-14-15-3-4-15/h5-8,15,18H,3-4,9-14H2,1-2H3,(H,21,24). The fraction of sp³-hybridized carbons (Fsp3) is 0.600. The maximum atomic E-state index is 12.5. The van der Waals surface area contributed by atoms with Crippen LogP contribution in [0.2, 0.25) is 0 Å². The van der Waals surface area contributed by atoms with Crippen molar-refractivity contribution in [3.63, 3.8) is 0 Å². The van der Waals surface area contributed by atoms with Gasteiger partial charge in [-0.1, -0.05) is 0 Å². The largest absolute Gasteiger partial charge is 0.493 e. The summed E-state index contributed by atoms with van der Waals surface area (Å²) in [7, 11) is -1.97. The zero-order valence-electron chi connectivity index (χ0n) is 17.4. The highest BCUT2D eigenvalue weighted by atomic mass is 32.2. The van der Waals surface area contributed by atoms with E-state index < -0.39 is 22.0 Å². The van der Waals surface area contributed by atoms with Crippen LogP contribution in [-0.4, -0.2) is 88.2 Å². The van der Waals surface area contributed by atoms with Crippen molar-refractivity contribution < 1.29 is 27.5 Å². The van der Waals surface area contributed by atoms with Crippen molar-refractivity contribution in [3.8, 4) is 5.75 Å². The van der Waals surface area contributed by atoms with Crippen molar-refractivity contribution >= 4 is 21.9 Å². The summed E-state index contributed by atoms with van der Waals surface area (Å²) in [5.74, 6) is 0.622. The average Bonchev–Trinajstić information content (AvgIpc) is 3.56. The van der Waals surface area contributed by atoms with Crippen LogP contribution in [0, 0.1) is 5.92 Å². The second kappa shape index (κ2) is 9.76. The molecule has 1 N–H and O–H groups in total. The van der Waals surface area contributed by atoms with E-state index in [-0.39, 0.29) is 12.5 Å². The molecule has 0 spiro atoms. The van der Waals surface area contributed by atoms with E-state index in [9.17, 15) is 18.0 Å². The number of benzene rings is 1. The second-order valence-corrected chi connectivity index (χ2v) is 9.71. The maximum Gasteiger partial charge on any atom is 0.324 e. The van der Waals surface area contributed by atoms with Gasteiger partial charge >= 0.3 is 5.97 Å². The first-order valence-electron chi connectivity index (χ1n) is 10.1. The Balaban J connectivity index is 1.53. The number of piperazine rings is 1. The highest BCUT2D eigenvalue weighted by Gasteiger charge is 2.32. The Labute approximate surface area is 177 Å². The predicted molar refractivity (Wildman–Crippen MR) is 111 cm³/mol. The van der Waals surface area contributed by atoms with Gasteiger partial charge in [0.1, 0.15) is 11.8 Å². The van der Waals surface area contributed by atoms with Crippen LogP contribution in [-0.2, 0) is 19.6 Å². The first kappa shape index (κ1) is 22.5. The summed E-state index contributed by atoms with van der Waals surface area (Å²) in [4.78, 5) is 26.6. The minimum Gasteiger partial charge on any atom is -0.493 e. The number of ether oxygens (including phenoxy) is 2. The van der Waals surface area contributed by atoms with Crippen LogP contribution in [0.15, 0.2) is 24.3 Å². The summed E-state index contributed by atoms with van der Waals surface area (Å²) in [6.07, 6.45) is 3.60. The average molecular weight is 440 g/mol. The molecule has 1 amide bonds. The molecular formula is C20H29N3O6S. The molecule has 3 rings (SSSR count). The van der Waals surface area contributed by atoms with Crippen LogP contribution in [0.3, 0.4) is 0 Å². The maximum absolute atomic E-state index is 12.5. The lowest BCUT2D eigenvalue weighted by Crippen LogP contribution is -2.57. The normalized spacial score (nSPS) is 19.1. The molecule has 1 atom stereocenters. The van der Waals surface area contributed by atoms with Crippen molar-refractivity contribution in [1.29, 1.82) is 0 Å². The van der Waals surface area contributed by atoms with Crippen molar-refractivity contribution in [2.24, 2.45) is 5.92 Å². The van der Waals surface area contributed by atoms with Gasteiger partial charge in [-0.25, -0.2) is 8.42 Å². The summed E-state index contributed by atoms with van der Waals surface area (Å²) in [6, 6.07) is 6.23. The first-order chi connectivity index (χ1) is 14.3. The zero-order chi connectivity index (χ0) is 21.7. The summed E-state index contributed by atoms with van der Waals surface area (Å²) < 4.78 is 35.3. The fourth-order valence-electron chi connectivity index (χ4n) is 3.34. The first-order valence-corrected chi connectivity index (χ1v) is 11.9. The molecule has 30 heavy (non-hydrogen) atoms. The minimum atomic E-state index is -3.26. The highest BCUT2D eigenvalue weighted by molar-refractivity contribution is 7.88. The molecular weight excluding hydrogens is 410 g/mol. The van der Waals surface area contributed by atoms with E-state index in [1.165, 1.54) is 30.5 Å². The molecule has 1 aliphatic carbocycles. The Hall–Kier alpha value is -2.17. The minimum absolute atomic E-state index is 0.0737. The van der Waals surface area contributed by atoms with Crippen LogP contribution in [0.5, 0.6) is 5.75 Å². The van der Waals surface area contributed by atoms with E-state index in [4.69, 9.17) is 9.47 Å². The van der Waals surface area contributed by atoms with Gasteiger partial charge in [-0.05, 0) is 43.0 Å². The van der Waals surface area contributed by atoms with E-state index in [2.05, 4.69) is 5.32 Å². The number of nitrogens with one attached hydrogen (secondary N) is 1. The number of rotatable bonds is 9. The summed E-state index contributed by atoms with van der Waals surface area (Å²) in [5, 5.41) is 2.78.